The smallest absolute Gasteiger partial charge is 0.257 e. The van der Waals surface area contributed by atoms with Gasteiger partial charge in [0, 0.05) is 30.4 Å². The molecule has 0 aromatic carbocycles. The minimum atomic E-state index is -0.302. The third-order valence-corrected chi connectivity index (χ3v) is 4.90. The summed E-state index contributed by atoms with van der Waals surface area (Å²) in [6.45, 7) is 1.63. The maximum absolute atomic E-state index is 12.5. The van der Waals surface area contributed by atoms with Gasteiger partial charge in [-0.25, -0.2) is 4.98 Å². The van der Waals surface area contributed by atoms with Crippen LogP contribution in [-0.4, -0.2) is 40.9 Å². The van der Waals surface area contributed by atoms with E-state index < -0.39 is 0 Å². The molecule has 1 fully saturated rings. The number of anilines is 1. The average Bonchev–Trinajstić information content (AvgIpc) is 3.31. The van der Waals surface area contributed by atoms with Gasteiger partial charge in [0.05, 0.1) is 23.0 Å². The zero-order valence-electron chi connectivity index (χ0n) is 14.5. The molecule has 3 N–H and O–H groups in total. The second kappa shape index (κ2) is 7.29. The maximum Gasteiger partial charge on any atom is 0.257 e. The summed E-state index contributed by atoms with van der Waals surface area (Å²) in [4.78, 5) is 31.9. The van der Waals surface area contributed by atoms with Crippen molar-refractivity contribution in [2.45, 2.75) is 38.1 Å². The van der Waals surface area contributed by atoms with Gasteiger partial charge in [0.15, 0.2) is 5.78 Å². The largest absolute Gasteiger partial charge is 0.476 e. The fourth-order valence-electron chi connectivity index (χ4n) is 3.53. The van der Waals surface area contributed by atoms with Crippen molar-refractivity contribution in [1.29, 1.82) is 0 Å². The molecule has 1 atom stereocenters. The normalized spacial score (nSPS) is 19.2. The first kappa shape index (κ1) is 16.8. The Morgan fingerprint density at radius 1 is 1.31 bits per heavy atom. The second-order valence-electron chi connectivity index (χ2n) is 6.78. The van der Waals surface area contributed by atoms with Crippen LogP contribution in [0.4, 0.5) is 5.69 Å². The molecule has 4 rings (SSSR count). The average molecular weight is 354 g/mol. The summed E-state index contributed by atoms with van der Waals surface area (Å²) in [7, 11) is 0. The van der Waals surface area contributed by atoms with Crippen LogP contribution in [0.2, 0.25) is 0 Å². The van der Waals surface area contributed by atoms with Crippen molar-refractivity contribution in [2.24, 2.45) is 0 Å². The van der Waals surface area contributed by atoms with E-state index in [1.807, 2.05) is 0 Å². The highest BCUT2D eigenvalue weighted by molar-refractivity contribution is 6.13. The van der Waals surface area contributed by atoms with Crippen LogP contribution in [0.1, 0.15) is 52.1 Å². The predicted molar refractivity (Wildman–Crippen MR) is 96.8 cm³/mol. The molecular formula is C19H22N4O3. The topological polar surface area (TPSA) is 96.1 Å². The molecule has 0 spiro atoms. The maximum atomic E-state index is 12.5. The van der Waals surface area contributed by atoms with Crippen molar-refractivity contribution >= 4 is 17.4 Å². The van der Waals surface area contributed by atoms with Crippen molar-refractivity contribution in [1.82, 2.24) is 15.3 Å². The van der Waals surface area contributed by atoms with E-state index in [1.54, 1.807) is 24.5 Å². The van der Waals surface area contributed by atoms with E-state index in [1.165, 1.54) is 6.42 Å². The van der Waals surface area contributed by atoms with Crippen LogP contribution in [-0.2, 0) is 6.42 Å². The van der Waals surface area contributed by atoms with Gasteiger partial charge in [0.1, 0.15) is 6.61 Å². The first-order valence-electron chi connectivity index (χ1n) is 9.08. The molecule has 1 aliphatic heterocycles. The SMILES string of the molecule is O=C(Nc1ccc(OC[C@@H]2CCCN2)nc1)c1c[nH]c2c1C(=O)CCC2. The summed E-state index contributed by atoms with van der Waals surface area (Å²) in [6, 6.07) is 3.87. The van der Waals surface area contributed by atoms with Gasteiger partial charge in [-0.2, -0.15) is 0 Å². The molecule has 1 aliphatic carbocycles. The van der Waals surface area contributed by atoms with Gasteiger partial charge in [-0.3, -0.25) is 9.59 Å². The number of carbonyl (C=O) groups excluding carboxylic acids is 2. The molecule has 0 saturated carbocycles. The fraction of sp³-hybridized carbons (Fsp3) is 0.421. The molecule has 0 radical (unpaired) electrons. The van der Waals surface area contributed by atoms with Crippen molar-refractivity contribution in [3.05, 3.63) is 41.3 Å². The van der Waals surface area contributed by atoms with Crippen LogP contribution >= 0.6 is 0 Å². The Kier molecular flexibility index (Phi) is 4.71. The number of rotatable bonds is 5. The van der Waals surface area contributed by atoms with Crippen LogP contribution in [0, 0.1) is 0 Å². The lowest BCUT2D eigenvalue weighted by molar-refractivity contribution is 0.0956. The number of hydrogen-bond acceptors (Lipinski definition) is 5. The van der Waals surface area contributed by atoms with Crippen molar-refractivity contribution in [2.75, 3.05) is 18.5 Å². The highest BCUT2D eigenvalue weighted by Crippen LogP contribution is 2.25. The van der Waals surface area contributed by atoms with Gasteiger partial charge < -0.3 is 20.4 Å². The van der Waals surface area contributed by atoms with Gasteiger partial charge in [-0.1, -0.05) is 0 Å². The Morgan fingerprint density at radius 3 is 3.00 bits per heavy atom. The third-order valence-electron chi connectivity index (χ3n) is 4.90. The number of nitrogens with zero attached hydrogens (tertiary/aromatic N) is 1. The molecule has 136 valence electrons. The standard InChI is InChI=1S/C19H22N4O3/c24-16-5-1-4-15-18(16)14(10-21-15)19(25)23-12-6-7-17(22-9-12)26-11-13-3-2-8-20-13/h6-7,9-10,13,20-21H,1-5,8,11H2,(H,23,25)/t13-/m0/s1. The zero-order chi connectivity index (χ0) is 17.9. The Labute approximate surface area is 151 Å². The lowest BCUT2D eigenvalue weighted by atomic mass is 9.93. The number of amides is 1. The molecule has 0 unspecified atom stereocenters. The number of H-pyrrole nitrogens is 1. The Morgan fingerprint density at radius 2 is 2.23 bits per heavy atom. The van der Waals surface area contributed by atoms with E-state index in [9.17, 15) is 9.59 Å². The lowest BCUT2D eigenvalue weighted by Crippen LogP contribution is -2.28. The summed E-state index contributed by atoms with van der Waals surface area (Å²) in [5.41, 5.74) is 2.36. The summed E-state index contributed by atoms with van der Waals surface area (Å²) in [5, 5.41) is 6.17. The van der Waals surface area contributed by atoms with Crippen molar-refractivity contribution in [3.63, 3.8) is 0 Å². The Hall–Kier alpha value is -2.67. The van der Waals surface area contributed by atoms with E-state index in [0.717, 1.165) is 31.5 Å². The number of pyridine rings is 1. The van der Waals surface area contributed by atoms with E-state index in [-0.39, 0.29) is 11.7 Å². The number of nitrogens with one attached hydrogen (secondary N) is 3. The van der Waals surface area contributed by atoms with E-state index in [2.05, 4.69) is 20.6 Å². The quantitative estimate of drug-likeness (QED) is 0.766. The molecule has 3 heterocycles. The minimum Gasteiger partial charge on any atom is -0.476 e. The molecule has 2 aliphatic rings. The highest BCUT2D eigenvalue weighted by Gasteiger charge is 2.25. The number of aromatic nitrogens is 2. The predicted octanol–water partition coefficient (Wildman–Crippen LogP) is 2.31. The molecule has 0 bridgehead atoms. The monoisotopic (exact) mass is 354 g/mol. The number of hydrogen-bond donors (Lipinski definition) is 3. The van der Waals surface area contributed by atoms with Crippen molar-refractivity contribution in [3.8, 4) is 5.88 Å². The van der Waals surface area contributed by atoms with Crippen LogP contribution < -0.4 is 15.4 Å². The molecule has 2 aromatic rings. The van der Waals surface area contributed by atoms with Gasteiger partial charge in [0.2, 0.25) is 5.88 Å². The second-order valence-corrected chi connectivity index (χ2v) is 6.78. The number of Topliss-reactive ketones (excluding diaryl/α,β-unsaturated/α-hetero) is 1. The lowest BCUT2D eigenvalue weighted by Gasteiger charge is -2.12. The van der Waals surface area contributed by atoms with Crippen LogP contribution in [0.25, 0.3) is 0 Å². The Bertz CT molecular complexity index is 807. The van der Waals surface area contributed by atoms with Gasteiger partial charge in [-0.05, 0) is 38.3 Å². The number of ether oxygens (including phenoxy) is 1. The molecular weight excluding hydrogens is 332 g/mol. The summed E-state index contributed by atoms with van der Waals surface area (Å²) in [6.07, 6.45) is 7.60. The molecule has 7 nitrogen and oxygen atoms in total. The van der Waals surface area contributed by atoms with E-state index in [4.69, 9.17) is 4.74 Å². The molecule has 1 amide bonds. The van der Waals surface area contributed by atoms with Crippen LogP contribution in [0.3, 0.4) is 0 Å². The highest BCUT2D eigenvalue weighted by atomic mass is 16.5. The number of aryl methyl sites for hydroxylation is 1. The summed E-state index contributed by atoms with van der Waals surface area (Å²) in [5.74, 6) is 0.259. The van der Waals surface area contributed by atoms with Gasteiger partial charge in [-0.15, -0.1) is 0 Å². The van der Waals surface area contributed by atoms with Crippen molar-refractivity contribution < 1.29 is 14.3 Å². The first-order valence-corrected chi connectivity index (χ1v) is 9.08. The summed E-state index contributed by atoms with van der Waals surface area (Å²) < 4.78 is 5.67. The molecule has 1 saturated heterocycles. The van der Waals surface area contributed by atoms with E-state index in [0.29, 0.717) is 41.8 Å². The number of aromatic amines is 1. The van der Waals surface area contributed by atoms with Gasteiger partial charge >= 0.3 is 0 Å². The number of fused-ring (bicyclic) bond motifs is 1. The number of carbonyl (C=O) groups is 2. The Balaban J connectivity index is 1.39. The van der Waals surface area contributed by atoms with Crippen LogP contribution in [0.5, 0.6) is 5.88 Å². The van der Waals surface area contributed by atoms with E-state index >= 15 is 0 Å². The minimum absolute atomic E-state index is 0.0278. The number of ketones is 1. The molecule has 26 heavy (non-hydrogen) atoms. The third kappa shape index (κ3) is 3.48. The zero-order valence-corrected chi connectivity index (χ0v) is 14.5. The summed E-state index contributed by atoms with van der Waals surface area (Å²) >= 11 is 0. The molecule has 2 aromatic heterocycles. The van der Waals surface area contributed by atoms with Gasteiger partial charge in [0.25, 0.3) is 5.91 Å². The van der Waals surface area contributed by atoms with Crippen LogP contribution in [0.15, 0.2) is 24.5 Å². The fourth-order valence-corrected chi connectivity index (χ4v) is 3.53. The first-order chi connectivity index (χ1) is 12.7. The molecule has 7 heteroatoms.